The Bertz CT molecular complexity index is 610. The zero-order valence-corrected chi connectivity index (χ0v) is 12.5. The summed E-state index contributed by atoms with van der Waals surface area (Å²) in [6, 6.07) is 10.4. The summed E-state index contributed by atoms with van der Waals surface area (Å²) in [6.45, 7) is 0. The maximum Gasteiger partial charge on any atom is 0.284 e. The van der Waals surface area contributed by atoms with Crippen molar-refractivity contribution in [2.24, 2.45) is 0 Å². The van der Waals surface area contributed by atoms with E-state index in [4.69, 9.17) is 5.21 Å². The summed E-state index contributed by atoms with van der Waals surface area (Å²) in [6.07, 6.45) is 0. The third kappa shape index (κ3) is 3.52. The SMILES string of the molecule is O=C(NO)c1ccc(C(=O)Nc2ccc(I)cc2)s1. The van der Waals surface area contributed by atoms with Gasteiger partial charge in [0.1, 0.15) is 0 Å². The van der Waals surface area contributed by atoms with Crippen LogP contribution in [0.3, 0.4) is 0 Å². The van der Waals surface area contributed by atoms with Crippen LogP contribution in [0.1, 0.15) is 19.3 Å². The standard InChI is InChI=1S/C12H9IN2O3S/c13-7-1-3-8(4-2-7)14-11(16)9-5-6-10(19-9)12(17)15-18/h1-6,18H,(H,14,16)(H,15,17). The largest absolute Gasteiger partial charge is 0.321 e. The lowest BCUT2D eigenvalue weighted by molar-refractivity contribution is 0.0711. The number of halogens is 1. The second kappa shape index (κ2) is 6.13. The van der Waals surface area contributed by atoms with Gasteiger partial charge in [-0.25, -0.2) is 5.48 Å². The van der Waals surface area contributed by atoms with Crippen molar-refractivity contribution in [1.82, 2.24) is 5.48 Å². The highest BCUT2D eigenvalue weighted by Gasteiger charge is 2.13. The number of anilines is 1. The predicted molar refractivity (Wildman–Crippen MR) is 80.7 cm³/mol. The molecule has 19 heavy (non-hydrogen) atoms. The molecule has 2 aromatic rings. The van der Waals surface area contributed by atoms with E-state index in [1.54, 1.807) is 12.1 Å². The molecule has 0 saturated heterocycles. The van der Waals surface area contributed by atoms with Gasteiger partial charge in [0.2, 0.25) is 0 Å². The molecule has 0 spiro atoms. The van der Waals surface area contributed by atoms with E-state index in [0.717, 1.165) is 14.9 Å². The second-order valence-corrected chi connectivity index (χ2v) is 5.90. The van der Waals surface area contributed by atoms with Crippen molar-refractivity contribution in [1.29, 1.82) is 0 Å². The van der Waals surface area contributed by atoms with Crippen LogP contribution in [0.2, 0.25) is 0 Å². The molecule has 98 valence electrons. The Morgan fingerprint density at radius 1 is 1.00 bits per heavy atom. The van der Waals surface area contributed by atoms with Crippen molar-refractivity contribution < 1.29 is 14.8 Å². The van der Waals surface area contributed by atoms with Crippen LogP contribution in [0.5, 0.6) is 0 Å². The number of carbonyl (C=O) groups excluding carboxylic acids is 2. The Kier molecular flexibility index (Phi) is 4.51. The van der Waals surface area contributed by atoms with Crippen molar-refractivity contribution in [3.8, 4) is 0 Å². The van der Waals surface area contributed by atoms with Gasteiger partial charge in [0, 0.05) is 9.26 Å². The van der Waals surface area contributed by atoms with E-state index in [9.17, 15) is 9.59 Å². The number of hydroxylamine groups is 1. The van der Waals surface area contributed by atoms with E-state index in [-0.39, 0.29) is 10.8 Å². The minimum absolute atomic E-state index is 0.273. The third-order valence-corrected chi connectivity index (χ3v) is 4.06. The summed E-state index contributed by atoms with van der Waals surface area (Å²) < 4.78 is 1.08. The monoisotopic (exact) mass is 388 g/mol. The van der Waals surface area contributed by atoms with Gasteiger partial charge in [-0.05, 0) is 59.0 Å². The molecule has 0 aliphatic rings. The topological polar surface area (TPSA) is 78.4 Å². The fourth-order valence-corrected chi connectivity index (χ4v) is 2.51. The first-order valence-electron chi connectivity index (χ1n) is 5.21. The summed E-state index contributed by atoms with van der Waals surface area (Å²) in [4.78, 5) is 23.8. The molecular formula is C12H9IN2O3S. The average Bonchev–Trinajstić information content (AvgIpc) is 2.90. The predicted octanol–water partition coefficient (Wildman–Crippen LogP) is 2.72. The maximum atomic E-state index is 11.9. The van der Waals surface area contributed by atoms with Crippen LogP contribution in [0.25, 0.3) is 0 Å². The number of carbonyl (C=O) groups is 2. The van der Waals surface area contributed by atoms with Gasteiger partial charge < -0.3 is 5.32 Å². The molecule has 7 heteroatoms. The van der Waals surface area contributed by atoms with Crippen molar-refractivity contribution in [3.05, 3.63) is 49.7 Å². The molecule has 5 nitrogen and oxygen atoms in total. The zero-order valence-electron chi connectivity index (χ0n) is 9.51. The molecular weight excluding hydrogens is 379 g/mol. The van der Waals surface area contributed by atoms with Gasteiger partial charge in [0.05, 0.1) is 9.75 Å². The molecule has 0 fully saturated rings. The molecule has 0 saturated carbocycles. The summed E-state index contributed by atoms with van der Waals surface area (Å²) >= 11 is 3.19. The number of nitrogens with one attached hydrogen (secondary N) is 2. The van der Waals surface area contributed by atoms with E-state index in [0.29, 0.717) is 10.6 Å². The number of benzene rings is 1. The van der Waals surface area contributed by atoms with Crippen molar-refractivity contribution >= 4 is 51.4 Å². The highest BCUT2D eigenvalue weighted by atomic mass is 127. The minimum Gasteiger partial charge on any atom is -0.321 e. The Morgan fingerprint density at radius 3 is 2.16 bits per heavy atom. The molecule has 0 bridgehead atoms. The molecule has 0 aliphatic heterocycles. The second-order valence-electron chi connectivity index (χ2n) is 3.57. The van der Waals surface area contributed by atoms with E-state index in [1.165, 1.54) is 17.6 Å². The lowest BCUT2D eigenvalue weighted by Gasteiger charge is -2.03. The molecule has 0 atom stereocenters. The molecule has 3 N–H and O–H groups in total. The third-order valence-electron chi connectivity index (χ3n) is 2.26. The minimum atomic E-state index is -0.627. The van der Waals surface area contributed by atoms with Crippen LogP contribution < -0.4 is 10.8 Å². The van der Waals surface area contributed by atoms with Gasteiger partial charge in [-0.15, -0.1) is 11.3 Å². The normalized spacial score (nSPS) is 10.0. The Balaban J connectivity index is 2.09. The van der Waals surface area contributed by atoms with E-state index >= 15 is 0 Å². The fourth-order valence-electron chi connectivity index (χ4n) is 1.36. The molecule has 0 unspecified atom stereocenters. The van der Waals surface area contributed by atoms with Gasteiger partial charge in [-0.2, -0.15) is 0 Å². The summed E-state index contributed by atoms with van der Waals surface area (Å²) in [7, 11) is 0. The number of hydrogen-bond acceptors (Lipinski definition) is 4. The molecule has 1 heterocycles. The first-order valence-corrected chi connectivity index (χ1v) is 7.11. The smallest absolute Gasteiger partial charge is 0.284 e. The Morgan fingerprint density at radius 2 is 1.58 bits per heavy atom. The Labute approximate surface area is 126 Å². The highest BCUT2D eigenvalue weighted by Crippen LogP contribution is 2.18. The van der Waals surface area contributed by atoms with Crippen molar-refractivity contribution in [2.75, 3.05) is 5.32 Å². The molecule has 0 radical (unpaired) electrons. The van der Waals surface area contributed by atoms with Crippen LogP contribution in [-0.4, -0.2) is 17.0 Å². The first kappa shape index (κ1) is 14.0. The van der Waals surface area contributed by atoms with Crippen LogP contribution in [0.4, 0.5) is 5.69 Å². The number of amides is 2. The van der Waals surface area contributed by atoms with E-state index in [2.05, 4.69) is 27.9 Å². The van der Waals surface area contributed by atoms with Gasteiger partial charge in [-0.1, -0.05) is 0 Å². The van der Waals surface area contributed by atoms with Gasteiger partial charge in [0.25, 0.3) is 11.8 Å². The molecule has 1 aromatic carbocycles. The summed E-state index contributed by atoms with van der Waals surface area (Å²) in [5.41, 5.74) is 2.22. The number of thiophene rings is 1. The van der Waals surface area contributed by atoms with Crippen LogP contribution in [-0.2, 0) is 0 Å². The van der Waals surface area contributed by atoms with Crippen LogP contribution >= 0.6 is 33.9 Å². The molecule has 2 amide bonds. The summed E-state index contributed by atoms with van der Waals surface area (Å²) in [5, 5.41) is 11.2. The Hall–Kier alpha value is -1.45. The van der Waals surface area contributed by atoms with Gasteiger partial charge >= 0.3 is 0 Å². The van der Waals surface area contributed by atoms with Crippen molar-refractivity contribution in [2.45, 2.75) is 0 Å². The van der Waals surface area contributed by atoms with E-state index in [1.807, 2.05) is 12.1 Å². The van der Waals surface area contributed by atoms with Gasteiger partial charge in [0.15, 0.2) is 0 Å². The average molecular weight is 388 g/mol. The maximum absolute atomic E-state index is 11.9. The quantitative estimate of drug-likeness (QED) is 0.430. The number of rotatable bonds is 3. The van der Waals surface area contributed by atoms with Gasteiger partial charge in [-0.3, -0.25) is 14.8 Å². The summed E-state index contributed by atoms with van der Waals surface area (Å²) in [5.74, 6) is -0.915. The van der Waals surface area contributed by atoms with Crippen LogP contribution in [0.15, 0.2) is 36.4 Å². The first-order chi connectivity index (χ1) is 9.10. The lowest BCUT2D eigenvalue weighted by atomic mass is 10.3. The molecule has 1 aromatic heterocycles. The molecule has 0 aliphatic carbocycles. The number of hydrogen-bond donors (Lipinski definition) is 3. The van der Waals surface area contributed by atoms with E-state index < -0.39 is 5.91 Å². The zero-order chi connectivity index (χ0) is 13.8. The van der Waals surface area contributed by atoms with Crippen LogP contribution in [0, 0.1) is 3.57 Å². The lowest BCUT2D eigenvalue weighted by Crippen LogP contribution is -2.17. The highest BCUT2D eigenvalue weighted by molar-refractivity contribution is 14.1. The fraction of sp³-hybridized carbons (Fsp3) is 0. The molecule has 2 rings (SSSR count). The van der Waals surface area contributed by atoms with Crippen molar-refractivity contribution in [3.63, 3.8) is 0 Å².